The minimum atomic E-state index is 1.17. The Bertz CT molecular complexity index is 118. The zero-order valence-corrected chi connectivity index (χ0v) is 8.90. The second kappa shape index (κ2) is 7.35. The van der Waals surface area contributed by atoms with Crippen molar-refractivity contribution < 1.29 is 0 Å². The van der Waals surface area contributed by atoms with Gasteiger partial charge < -0.3 is 4.90 Å². The molecule has 0 aliphatic rings. The molecule has 0 atom stereocenters. The van der Waals surface area contributed by atoms with Crippen LogP contribution < -0.4 is 0 Å². The number of hydrogen-bond donors (Lipinski definition) is 0. The first-order valence-electron chi connectivity index (χ1n) is 5.05. The highest BCUT2D eigenvalue weighted by atomic mass is 15.1. The quantitative estimate of drug-likeness (QED) is 0.529. The van der Waals surface area contributed by atoms with E-state index in [-0.39, 0.29) is 0 Å². The van der Waals surface area contributed by atoms with Crippen molar-refractivity contribution in [3.05, 3.63) is 12.2 Å². The SMILES string of the molecule is C=C(CCC)CCN(C)CCC. The van der Waals surface area contributed by atoms with Crippen molar-refractivity contribution in [3.63, 3.8) is 0 Å². The van der Waals surface area contributed by atoms with Gasteiger partial charge in [-0.15, -0.1) is 0 Å². The van der Waals surface area contributed by atoms with Crippen LogP contribution in [-0.2, 0) is 0 Å². The summed E-state index contributed by atoms with van der Waals surface area (Å²) in [4.78, 5) is 2.38. The van der Waals surface area contributed by atoms with Gasteiger partial charge in [0, 0.05) is 6.54 Å². The van der Waals surface area contributed by atoms with Crippen LogP contribution in [0.3, 0.4) is 0 Å². The molecule has 1 nitrogen and oxygen atoms in total. The molecule has 0 saturated heterocycles. The largest absolute Gasteiger partial charge is 0.306 e. The number of rotatable bonds is 7. The van der Waals surface area contributed by atoms with Gasteiger partial charge >= 0.3 is 0 Å². The summed E-state index contributed by atoms with van der Waals surface area (Å²) in [6.45, 7) is 10.9. The standard InChI is InChI=1S/C11H23N/c1-5-7-11(3)8-10-12(4)9-6-2/h3,5-10H2,1-2,4H3. The summed E-state index contributed by atoms with van der Waals surface area (Å²) >= 11 is 0. The van der Waals surface area contributed by atoms with Crippen molar-refractivity contribution in [2.24, 2.45) is 0 Å². The van der Waals surface area contributed by atoms with Gasteiger partial charge in [0.05, 0.1) is 0 Å². The summed E-state index contributed by atoms with van der Waals surface area (Å²) in [7, 11) is 2.18. The molecule has 0 N–H and O–H groups in total. The van der Waals surface area contributed by atoms with E-state index >= 15 is 0 Å². The molecule has 12 heavy (non-hydrogen) atoms. The Balaban J connectivity index is 3.33. The summed E-state index contributed by atoms with van der Waals surface area (Å²) in [5, 5.41) is 0. The Morgan fingerprint density at radius 2 is 1.75 bits per heavy atom. The smallest absolute Gasteiger partial charge is 0.00154 e. The Labute approximate surface area is 77.5 Å². The molecule has 0 heterocycles. The fraction of sp³-hybridized carbons (Fsp3) is 0.818. The van der Waals surface area contributed by atoms with E-state index < -0.39 is 0 Å². The second-order valence-electron chi connectivity index (χ2n) is 3.55. The van der Waals surface area contributed by atoms with Gasteiger partial charge in [-0.25, -0.2) is 0 Å². The predicted octanol–water partition coefficient (Wildman–Crippen LogP) is 3.07. The van der Waals surface area contributed by atoms with Crippen LogP contribution in [0.1, 0.15) is 39.5 Å². The van der Waals surface area contributed by atoms with E-state index in [9.17, 15) is 0 Å². The fourth-order valence-electron chi connectivity index (χ4n) is 1.32. The van der Waals surface area contributed by atoms with Crippen molar-refractivity contribution in [1.29, 1.82) is 0 Å². The van der Waals surface area contributed by atoms with Gasteiger partial charge in [0.1, 0.15) is 0 Å². The van der Waals surface area contributed by atoms with Crippen LogP contribution in [0.2, 0.25) is 0 Å². The molecule has 72 valence electrons. The van der Waals surface area contributed by atoms with E-state index in [2.05, 4.69) is 32.4 Å². The van der Waals surface area contributed by atoms with E-state index in [1.807, 2.05) is 0 Å². The van der Waals surface area contributed by atoms with Crippen molar-refractivity contribution in [1.82, 2.24) is 4.90 Å². The fourth-order valence-corrected chi connectivity index (χ4v) is 1.32. The summed E-state index contributed by atoms with van der Waals surface area (Å²) < 4.78 is 0. The second-order valence-corrected chi connectivity index (χ2v) is 3.55. The lowest BCUT2D eigenvalue weighted by Gasteiger charge is -2.15. The maximum Gasteiger partial charge on any atom is 0.00154 e. The first-order chi connectivity index (χ1) is 5.70. The molecular formula is C11H23N. The maximum atomic E-state index is 4.05. The van der Waals surface area contributed by atoms with Gasteiger partial charge in [0.2, 0.25) is 0 Å². The van der Waals surface area contributed by atoms with Crippen LogP contribution in [0.15, 0.2) is 12.2 Å². The molecule has 0 aliphatic carbocycles. The maximum absolute atomic E-state index is 4.05. The van der Waals surface area contributed by atoms with Crippen molar-refractivity contribution in [3.8, 4) is 0 Å². The highest BCUT2D eigenvalue weighted by molar-refractivity contribution is 4.93. The summed E-state index contributed by atoms with van der Waals surface area (Å²) in [5.41, 5.74) is 1.40. The molecule has 0 aromatic heterocycles. The van der Waals surface area contributed by atoms with Gasteiger partial charge in [-0.2, -0.15) is 0 Å². The van der Waals surface area contributed by atoms with E-state index in [0.717, 1.165) is 0 Å². The molecule has 0 aliphatic heterocycles. The highest BCUT2D eigenvalue weighted by Gasteiger charge is 1.97. The van der Waals surface area contributed by atoms with Crippen LogP contribution in [0.5, 0.6) is 0 Å². The van der Waals surface area contributed by atoms with Gasteiger partial charge in [0.25, 0.3) is 0 Å². The molecule has 0 spiro atoms. The molecule has 1 heteroatoms. The van der Waals surface area contributed by atoms with Crippen molar-refractivity contribution in [2.45, 2.75) is 39.5 Å². The normalized spacial score (nSPS) is 10.7. The first-order valence-corrected chi connectivity index (χ1v) is 5.05. The highest BCUT2D eigenvalue weighted by Crippen LogP contribution is 2.06. The van der Waals surface area contributed by atoms with Gasteiger partial charge in [0.15, 0.2) is 0 Å². The lowest BCUT2D eigenvalue weighted by Crippen LogP contribution is -2.20. The van der Waals surface area contributed by atoms with Crippen LogP contribution in [0.4, 0.5) is 0 Å². The lowest BCUT2D eigenvalue weighted by molar-refractivity contribution is 0.337. The Morgan fingerprint density at radius 3 is 2.25 bits per heavy atom. The number of nitrogens with zero attached hydrogens (tertiary/aromatic N) is 1. The van der Waals surface area contributed by atoms with Crippen molar-refractivity contribution in [2.75, 3.05) is 20.1 Å². The van der Waals surface area contributed by atoms with Gasteiger partial charge in [-0.3, -0.25) is 0 Å². The van der Waals surface area contributed by atoms with Crippen molar-refractivity contribution >= 4 is 0 Å². The zero-order valence-electron chi connectivity index (χ0n) is 8.90. The molecule has 0 unspecified atom stereocenters. The Kier molecular flexibility index (Phi) is 7.17. The zero-order chi connectivity index (χ0) is 9.40. The topological polar surface area (TPSA) is 3.24 Å². The average Bonchev–Trinajstić information content (AvgIpc) is 2.02. The van der Waals surface area contributed by atoms with E-state index in [1.165, 1.54) is 44.3 Å². The molecule has 0 amide bonds. The molecule has 0 radical (unpaired) electrons. The monoisotopic (exact) mass is 169 g/mol. The third kappa shape index (κ3) is 6.41. The molecule has 0 fully saturated rings. The summed E-state index contributed by atoms with van der Waals surface area (Å²) in [5.74, 6) is 0. The summed E-state index contributed by atoms with van der Waals surface area (Å²) in [6.07, 6.45) is 4.84. The predicted molar refractivity (Wildman–Crippen MR) is 56.5 cm³/mol. The molecule has 0 aromatic carbocycles. The van der Waals surface area contributed by atoms with Crippen LogP contribution in [-0.4, -0.2) is 25.0 Å². The minimum absolute atomic E-state index is 1.17. The molecule has 0 saturated carbocycles. The van der Waals surface area contributed by atoms with Gasteiger partial charge in [-0.1, -0.05) is 32.4 Å². The number of hydrogen-bond acceptors (Lipinski definition) is 1. The van der Waals surface area contributed by atoms with Crippen LogP contribution in [0, 0.1) is 0 Å². The van der Waals surface area contributed by atoms with Crippen LogP contribution >= 0.6 is 0 Å². The Morgan fingerprint density at radius 1 is 1.08 bits per heavy atom. The Hall–Kier alpha value is -0.300. The molecule has 0 bridgehead atoms. The molecule has 0 rings (SSSR count). The first kappa shape index (κ1) is 11.7. The van der Waals surface area contributed by atoms with Crippen LogP contribution in [0.25, 0.3) is 0 Å². The van der Waals surface area contributed by atoms with E-state index in [4.69, 9.17) is 0 Å². The summed E-state index contributed by atoms with van der Waals surface area (Å²) in [6, 6.07) is 0. The average molecular weight is 169 g/mol. The minimum Gasteiger partial charge on any atom is -0.306 e. The third-order valence-electron chi connectivity index (χ3n) is 2.06. The molecular weight excluding hydrogens is 146 g/mol. The van der Waals surface area contributed by atoms with E-state index in [0.29, 0.717) is 0 Å². The molecule has 0 aromatic rings. The van der Waals surface area contributed by atoms with Gasteiger partial charge in [-0.05, 0) is 32.9 Å². The van der Waals surface area contributed by atoms with E-state index in [1.54, 1.807) is 0 Å². The third-order valence-corrected chi connectivity index (χ3v) is 2.06. The lowest BCUT2D eigenvalue weighted by atomic mass is 10.1.